The molecule has 2 aromatic heterocycles. The van der Waals surface area contributed by atoms with Crippen LogP contribution in [0.5, 0.6) is 0 Å². The maximum atomic E-state index is 14.1. The van der Waals surface area contributed by atoms with Gasteiger partial charge in [-0.1, -0.05) is 0 Å². The molecule has 140 valence electrons. The highest BCUT2D eigenvalue weighted by Gasteiger charge is 2.19. The fraction of sp³-hybridized carbons (Fsp3) is 0.158. The van der Waals surface area contributed by atoms with Gasteiger partial charge in [-0.3, -0.25) is 9.59 Å². The molecule has 0 aliphatic rings. The predicted molar refractivity (Wildman–Crippen MR) is 102 cm³/mol. The van der Waals surface area contributed by atoms with Crippen molar-refractivity contribution < 1.29 is 18.4 Å². The molecule has 0 saturated carbocycles. The number of anilines is 2. The number of aromatic nitrogens is 1. The van der Waals surface area contributed by atoms with E-state index in [2.05, 4.69) is 10.6 Å². The second-order valence-corrected chi connectivity index (χ2v) is 6.93. The van der Waals surface area contributed by atoms with Crippen LogP contribution in [0.25, 0.3) is 5.00 Å². The van der Waals surface area contributed by atoms with E-state index < -0.39 is 23.4 Å². The molecule has 2 amide bonds. The van der Waals surface area contributed by atoms with Crippen LogP contribution in [0.1, 0.15) is 28.7 Å². The van der Waals surface area contributed by atoms with Crippen LogP contribution >= 0.6 is 11.3 Å². The highest BCUT2D eigenvalue weighted by atomic mass is 32.1. The number of hydrogen-bond acceptors (Lipinski definition) is 3. The Morgan fingerprint density at radius 2 is 1.56 bits per heavy atom. The summed E-state index contributed by atoms with van der Waals surface area (Å²) >= 11 is 1.38. The monoisotopic (exact) mass is 389 g/mol. The normalized spacial score (nSPS) is 10.7. The summed E-state index contributed by atoms with van der Waals surface area (Å²) in [5, 5.41) is 7.20. The molecule has 2 heterocycles. The number of rotatable bonds is 4. The molecule has 0 bridgehead atoms. The minimum absolute atomic E-state index is 0.207. The third-order valence-corrected chi connectivity index (χ3v) is 4.88. The summed E-state index contributed by atoms with van der Waals surface area (Å²) in [5.74, 6) is -2.88. The maximum Gasteiger partial charge on any atom is 0.258 e. The average molecular weight is 389 g/mol. The highest BCUT2D eigenvalue weighted by molar-refractivity contribution is 7.13. The van der Waals surface area contributed by atoms with E-state index >= 15 is 0 Å². The molecule has 0 aliphatic heterocycles. The van der Waals surface area contributed by atoms with E-state index in [1.807, 2.05) is 30.5 Å². The zero-order chi connectivity index (χ0) is 19.7. The van der Waals surface area contributed by atoms with Crippen molar-refractivity contribution in [3.63, 3.8) is 0 Å². The molecule has 8 heteroatoms. The summed E-state index contributed by atoms with van der Waals surface area (Å²) < 4.78 is 29.8. The summed E-state index contributed by atoms with van der Waals surface area (Å²) in [5.41, 5.74) is 1.87. The first kappa shape index (κ1) is 18.8. The molecule has 0 atom stereocenters. The van der Waals surface area contributed by atoms with Crippen LogP contribution < -0.4 is 10.6 Å². The summed E-state index contributed by atoms with van der Waals surface area (Å²) in [6, 6.07) is 7.20. The van der Waals surface area contributed by atoms with Gasteiger partial charge < -0.3 is 15.2 Å². The van der Waals surface area contributed by atoms with Crippen LogP contribution in [-0.4, -0.2) is 16.4 Å². The van der Waals surface area contributed by atoms with E-state index in [-0.39, 0.29) is 11.4 Å². The van der Waals surface area contributed by atoms with Crippen molar-refractivity contribution in [2.45, 2.75) is 20.8 Å². The molecule has 0 aliphatic carbocycles. The summed E-state index contributed by atoms with van der Waals surface area (Å²) in [6.07, 6.45) is 0. The van der Waals surface area contributed by atoms with E-state index in [9.17, 15) is 18.4 Å². The molecule has 3 rings (SSSR count). The Morgan fingerprint density at radius 3 is 2.15 bits per heavy atom. The smallest absolute Gasteiger partial charge is 0.258 e. The van der Waals surface area contributed by atoms with Gasteiger partial charge in [0.1, 0.15) is 16.6 Å². The van der Waals surface area contributed by atoms with Crippen LogP contribution in [-0.2, 0) is 4.79 Å². The second kappa shape index (κ2) is 7.32. The molecule has 0 fully saturated rings. The molecule has 2 N–H and O–H groups in total. The van der Waals surface area contributed by atoms with Crippen LogP contribution in [0.3, 0.4) is 0 Å². The summed E-state index contributed by atoms with van der Waals surface area (Å²) in [6.45, 7) is 5.06. The third-order valence-electron chi connectivity index (χ3n) is 3.98. The number of thiophene rings is 1. The van der Waals surface area contributed by atoms with Crippen LogP contribution in [0, 0.1) is 25.5 Å². The van der Waals surface area contributed by atoms with Gasteiger partial charge in [0.15, 0.2) is 0 Å². The molecule has 3 aromatic rings. The van der Waals surface area contributed by atoms with E-state index in [4.69, 9.17) is 0 Å². The van der Waals surface area contributed by atoms with Crippen molar-refractivity contribution >= 4 is 34.5 Å². The molecule has 27 heavy (non-hydrogen) atoms. The molecular formula is C19H17F2N3O2S. The lowest BCUT2D eigenvalue weighted by molar-refractivity contribution is -0.114. The number of halogens is 2. The Balaban J connectivity index is 1.94. The number of benzene rings is 1. The third kappa shape index (κ3) is 3.75. The number of hydrogen-bond donors (Lipinski definition) is 2. The first-order chi connectivity index (χ1) is 12.8. The number of carbonyl (C=O) groups is 2. The summed E-state index contributed by atoms with van der Waals surface area (Å²) in [4.78, 5) is 23.9. The first-order valence-corrected chi connectivity index (χ1v) is 8.96. The van der Waals surface area contributed by atoms with Gasteiger partial charge in [0.25, 0.3) is 5.91 Å². The Kier molecular flexibility index (Phi) is 5.09. The number of nitrogens with one attached hydrogen (secondary N) is 2. The van der Waals surface area contributed by atoms with E-state index in [1.165, 1.54) is 18.3 Å². The van der Waals surface area contributed by atoms with Gasteiger partial charge in [-0.05, 0) is 43.5 Å². The molecule has 0 unspecified atom stereocenters. The highest BCUT2D eigenvalue weighted by Crippen LogP contribution is 2.28. The van der Waals surface area contributed by atoms with Gasteiger partial charge in [0.05, 0.1) is 16.9 Å². The van der Waals surface area contributed by atoms with Crippen molar-refractivity contribution in [3.8, 4) is 5.00 Å². The van der Waals surface area contributed by atoms with Gasteiger partial charge in [-0.15, -0.1) is 11.3 Å². The Bertz CT molecular complexity index is 1020. The van der Waals surface area contributed by atoms with Crippen molar-refractivity contribution in [1.82, 2.24) is 4.57 Å². The van der Waals surface area contributed by atoms with Gasteiger partial charge in [-0.25, -0.2) is 8.78 Å². The maximum absolute atomic E-state index is 14.1. The van der Waals surface area contributed by atoms with E-state index in [0.717, 1.165) is 17.5 Å². The number of carbonyl (C=O) groups excluding carboxylic acids is 2. The van der Waals surface area contributed by atoms with Gasteiger partial charge in [-0.2, -0.15) is 0 Å². The molecule has 0 radical (unpaired) electrons. The average Bonchev–Trinajstić information content (AvgIpc) is 3.18. The number of aryl methyl sites for hydroxylation is 2. The zero-order valence-electron chi connectivity index (χ0n) is 14.9. The lowest BCUT2D eigenvalue weighted by atomic mass is 10.2. The fourth-order valence-electron chi connectivity index (χ4n) is 2.76. The molecule has 5 nitrogen and oxygen atoms in total. The van der Waals surface area contributed by atoms with Crippen LogP contribution in [0.2, 0.25) is 0 Å². The molecule has 1 aromatic carbocycles. The van der Waals surface area contributed by atoms with Crippen molar-refractivity contribution in [3.05, 3.63) is 64.3 Å². The fourth-order valence-corrected chi connectivity index (χ4v) is 3.77. The summed E-state index contributed by atoms with van der Waals surface area (Å²) in [7, 11) is 0. The van der Waals surface area contributed by atoms with E-state index in [1.54, 1.807) is 11.4 Å². The molecule has 0 spiro atoms. The molecular weight excluding hydrogens is 372 g/mol. The lowest BCUT2D eigenvalue weighted by Crippen LogP contribution is -2.16. The Hall–Kier alpha value is -3.00. The quantitative estimate of drug-likeness (QED) is 0.683. The lowest BCUT2D eigenvalue weighted by Gasteiger charge is -2.12. The zero-order valence-corrected chi connectivity index (χ0v) is 15.7. The van der Waals surface area contributed by atoms with Crippen LogP contribution in [0.15, 0.2) is 35.7 Å². The minimum Gasteiger partial charge on any atom is -0.324 e. The van der Waals surface area contributed by atoms with Crippen molar-refractivity contribution in [2.75, 3.05) is 10.6 Å². The predicted octanol–water partition coefficient (Wildman–Crippen LogP) is 4.64. The first-order valence-electron chi connectivity index (χ1n) is 8.08. The molecule has 0 saturated heterocycles. The van der Waals surface area contributed by atoms with Crippen LogP contribution in [0.4, 0.5) is 20.2 Å². The second-order valence-electron chi connectivity index (χ2n) is 6.04. The number of amides is 2. The Morgan fingerprint density at radius 1 is 0.963 bits per heavy atom. The minimum atomic E-state index is -0.931. The van der Waals surface area contributed by atoms with E-state index in [0.29, 0.717) is 16.6 Å². The SMILES string of the molecule is CC(=O)Nc1cc(NC(=O)c2ccsc2-n2c(C)ccc2C)c(F)cc1F. The van der Waals surface area contributed by atoms with Crippen molar-refractivity contribution in [2.24, 2.45) is 0 Å². The largest absolute Gasteiger partial charge is 0.324 e. The van der Waals surface area contributed by atoms with Gasteiger partial charge >= 0.3 is 0 Å². The Labute approximate surface area is 158 Å². The van der Waals surface area contributed by atoms with Gasteiger partial charge in [0.2, 0.25) is 5.91 Å². The topological polar surface area (TPSA) is 63.1 Å². The van der Waals surface area contributed by atoms with Crippen molar-refractivity contribution in [1.29, 1.82) is 0 Å². The standard InChI is InChI=1S/C19H17F2N3O2S/c1-10-4-5-11(2)24(10)19-13(6-7-27-19)18(26)23-17-9-16(22-12(3)25)14(20)8-15(17)21/h4-9H,1-3H3,(H,22,25)(H,23,26). The van der Waals surface area contributed by atoms with Gasteiger partial charge in [0, 0.05) is 24.4 Å². The number of nitrogens with zero attached hydrogens (tertiary/aromatic N) is 1.